The first kappa shape index (κ1) is 17.7. The second-order valence-electron chi connectivity index (χ2n) is 5.29. The summed E-state index contributed by atoms with van der Waals surface area (Å²) < 4.78 is 0. The lowest BCUT2D eigenvalue weighted by molar-refractivity contribution is -0.120. The lowest BCUT2D eigenvalue weighted by atomic mass is 10.0. The highest BCUT2D eigenvalue weighted by molar-refractivity contribution is 5.86. The lowest BCUT2D eigenvalue weighted by Gasteiger charge is -2.18. The van der Waals surface area contributed by atoms with Crippen LogP contribution in [0.4, 0.5) is 0 Å². The first-order valence-corrected chi connectivity index (χ1v) is 7.23. The SMILES string of the molecule is CCCNC(=O)CNC(=NC)NC(C)CCC(C)C. The third kappa shape index (κ3) is 10.4. The minimum Gasteiger partial charge on any atom is -0.355 e. The van der Waals surface area contributed by atoms with E-state index < -0.39 is 0 Å². The first-order valence-electron chi connectivity index (χ1n) is 7.23. The van der Waals surface area contributed by atoms with Crippen molar-refractivity contribution in [1.82, 2.24) is 16.0 Å². The summed E-state index contributed by atoms with van der Waals surface area (Å²) in [6.07, 6.45) is 3.23. The van der Waals surface area contributed by atoms with Gasteiger partial charge < -0.3 is 16.0 Å². The van der Waals surface area contributed by atoms with Crippen LogP contribution in [0.1, 0.15) is 47.0 Å². The van der Waals surface area contributed by atoms with Gasteiger partial charge in [0.2, 0.25) is 5.91 Å². The molecule has 0 bridgehead atoms. The van der Waals surface area contributed by atoms with E-state index in [0.717, 1.165) is 19.4 Å². The van der Waals surface area contributed by atoms with Crippen molar-refractivity contribution in [3.8, 4) is 0 Å². The number of hydrogen-bond acceptors (Lipinski definition) is 2. The Morgan fingerprint density at radius 2 is 1.84 bits per heavy atom. The van der Waals surface area contributed by atoms with Gasteiger partial charge in [-0.2, -0.15) is 0 Å². The molecule has 0 aliphatic heterocycles. The van der Waals surface area contributed by atoms with Crippen LogP contribution in [0.5, 0.6) is 0 Å². The van der Waals surface area contributed by atoms with Gasteiger partial charge in [0.1, 0.15) is 0 Å². The highest BCUT2D eigenvalue weighted by Crippen LogP contribution is 2.05. The standard InChI is InChI=1S/C14H30N4O/c1-6-9-16-13(19)10-17-14(15-5)18-12(4)8-7-11(2)3/h11-12H,6-10H2,1-5H3,(H,16,19)(H2,15,17,18). The number of nitrogens with one attached hydrogen (secondary N) is 3. The summed E-state index contributed by atoms with van der Waals surface area (Å²) in [6, 6.07) is 0.354. The normalized spacial score (nSPS) is 13.3. The molecule has 0 aromatic carbocycles. The molecule has 0 aromatic heterocycles. The molecule has 0 heterocycles. The number of rotatable bonds is 8. The molecule has 0 rings (SSSR count). The van der Waals surface area contributed by atoms with Crippen LogP contribution in [-0.4, -0.2) is 38.0 Å². The molecule has 3 N–H and O–H groups in total. The molecular formula is C14H30N4O. The van der Waals surface area contributed by atoms with Gasteiger partial charge in [-0.25, -0.2) is 0 Å². The molecule has 0 aliphatic rings. The Labute approximate surface area is 117 Å². The zero-order valence-corrected chi connectivity index (χ0v) is 13.0. The fourth-order valence-electron chi connectivity index (χ4n) is 1.57. The van der Waals surface area contributed by atoms with E-state index in [4.69, 9.17) is 0 Å². The summed E-state index contributed by atoms with van der Waals surface area (Å²) in [7, 11) is 1.72. The van der Waals surface area contributed by atoms with Crippen molar-refractivity contribution in [3.63, 3.8) is 0 Å². The van der Waals surface area contributed by atoms with Crippen molar-refractivity contribution in [1.29, 1.82) is 0 Å². The molecule has 19 heavy (non-hydrogen) atoms. The zero-order chi connectivity index (χ0) is 14.7. The fourth-order valence-corrected chi connectivity index (χ4v) is 1.57. The Bertz CT molecular complexity index is 277. The lowest BCUT2D eigenvalue weighted by Crippen LogP contribution is -2.46. The van der Waals surface area contributed by atoms with Gasteiger partial charge >= 0.3 is 0 Å². The Morgan fingerprint density at radius 3 is 2.37 bits per heavy atom. The van der Waals surface area contributed by atoms with Crippen molar-refractivity contribution >= 4 is 11.9 Å². The van der Waals surface area contributed by atoms with Crippen molar-refractivity contribution in [2.45, 2.75) is 53.0 Å². The van der Waals surface area contributed by atoms with Crippen LogP contribution in [0.15, 0.2) is 4.99 Å². The van der Waals surface area contributed by atoms with Gasteiger partial charge in [0.25, 0.3) is 0 Å². The van der Waals surface area contributed by atoms with E-state index in [0.29, 0.717) is 17.9 Å². The highest BCUT2D eigenvalue weighted by atomic mass is 16.1. The maximum absolute atomic E-state index is 11.5. The number of guanidine groups is 1. The topological polar surface area (TPSA) is 65.5 Å². The first-order chi connectivity index (χ1) is 8.99. The van der Waals surface area contributed by atoms with E-state index in [1.807, 2.05) is 6.92 Å². The monoisotopic (exact) mass is 270 g/mol. The van der Waals surface area contributed by atoms with Crippen LogP contribution >= 0.6 is 0 Å². The second-order valence-corrected chi connectivity index (χ2v) is 5.29. The van der Waals surface area contributed by atoms with E-state index in [-0.39, 0.29) is 12.5 Å². The third-order valence-corrected chi connectivity index (χ3v) is 2.77. The molecule has 5 nitrogen and oxygen atoms in total. The number of carbonyl (C=O) groups is 1. The highest BCUT2D eigenvalue weighted by Gasteiger charge is 2.07. The fraction of sp³-hybridized carbons (Fsp3) is 0.857. The predicted octanol–water partition coefficient (Wildman–Crippen LogP) is 1.50. The van der Waals surface area contributed by atoms with Crippen LogP contribution < -0.4 is 16.0 Å². The minimum atomic E-state index is -0.000339. The zero-order valence-electron chi connectivity index (χ0n) is 13.0. The molecule has 0 radical (unpaired) electrons. The van der Waals surface area contributed by atoms with Crippen LogP contribution in [0.2, 0.25) is 0 Å². The maximum Gasteiger partial charge on any atom is 0.239 e. The third-order valence-electron chi connectivity index (χ3n) is 2.77. The summed E-state index contributed by atoms with van der Waals surface area (Å²) in [5, 5.41) is 9.14. The molecule has 112 valence electrons. The van der Waals surface area contributed by atoms with E-state index in [2.05, 4.69) is 41.7 Å². The minimum absolute atomic E-state index is 0.000339. The average Bonchev–Trinajstić information content (AvgIpc) is 2.38. The molecule has 1 atom stereocenters. The van der Waals surface area contributed by atoms with E-state index in [1.165, 1.54) is 6.42 Å². The average molecular weight is 270 g/mol. The Hall–Kier alpha value is -1.26. The molecule has 1 unspecified atom stereocenters. The van der Waals surface area contributed by atoms with Crippen molar-refractivity contribution in [2.24, 2.45) is 10.9 Å². The van der Waals surface area contributed by atoms with E-state index in [1.54, 1.807) is 7.05 Å². The van der Waals surface area contributed by atoms with Crippen molar-refractivity contribution < 1.29 is 4.79 Å². The molecule has 0 fully saturated rings. The van der Waals surface area contributed by atoms with Gasteiger partial charge in [-0.15, -0.1) is 0 Å². The molecule has 5 heteroatoms. The molecule has 0 aliphatic carbocycles. The van der Waals surface area contributed by atoms with Gasteiger partial charge in [-0.3, -0.25) is 9.79 Å². The van der Waals surface area contributed by atoms with E-state index in [9.17, 15) is 4.79 Å². The number of amides is 1. The molecular weight excluding hydrogens is 240 g/mol. The predicted molar refractivity (Wildman–Crippen MR) is 81.3 cm³/mol. The largest absolute Gasteiger partial charge is 0.355 e. The molecule has 0 aromatic rings. The van der Waals surface area contributed by atoms with E-state index >= 15 is 0 Å². The van der Waals surface area contributed by atoms with Gasteiger partial charge in [0.15, 0.2) is 5.96 Å². The summed E-state index contributed by atoms with van der Waals surface area (Å²) >= 11 is 0. The molecule has 0 saturated carbocycles. The van der Waals surface area contributed by atoms with Crippen LogP contribution in [-0.2, 0) is 4.79 Å². The van der Waals surface area contributed by atoms with Crippen LogP contribution in [0.25, 0.3) is 0 Å². The Balaban J connectivity index is 3.92. The van der Waals surface area contributed by atoms with Gasteiger partial charge in [0, 0.05) is 19.6 Å². The summed E-state index contributed by atoms with van der Waals surface area (Å²) in [5.41, 5.74) is 0. The number of aliphatic imine (C=N–C) groups is 1. The summed E-state index contributed by atoms with van der Waals surface area (Å²) in [6.45, 7) is 9.58. The smallest absolute Gasteiger partial charge is 0.239 e. The van der Waals surface area contributed by atoms with Crippen LogP contribution in [0.3, 0.4) is 0 Å². The summed E-state index contributed by atoms with van der Waals surface area (Å²) in [4.78, 5) is 15.6. The summed E-state index contributed by atoms with van der Waals surface area (Å²) in [5.74, 6) is 1.39. The van der Waals surface area contributed by atoms with Crippen molar-refractivity contribution in [3.05, 3.63) is 0 Å². The Morgan fingerprint density at radius 1 is 1.16 bits per heavy atom. The van der Waals surface area contributed by atoms with Crippen LogP contribution in [0, 0.1) is 5.92 Å². The number of carbonyl (C=O) groups excluding carboxylic acids is 1. The maximum atomic E-state index is 11.5. The van der Waals surface area contributed by atoms with Gasteiger partial charge in [0.05, 0.1) is 6.54 Å². The molecule has 0 saturated heterocycles. The Kier molecular flexibility index (Phi) is 9.94. The quantitative estimate of drug-likeness (QED) is 0.462. The number of hydrogen-bond donors (Lipinski definition) is 3. The van der Waals surface area contributed by atoms with Crippen molar-refractivity contribution in [2.75, 3.05) is 20.1 Å². The van der Waals surface area contributed by atoms with Gasteiger partial charge in [-0.1, -0.05) is 20.8 Å². The molecule has 0 spiro atoms. The number of nitrogens with zero attached hydrogens (tertiary/aromatic N) is 1. The molecule has 1 amide bonds. The van der Waals surface area contributed by atoms with Gasteiger partial charge in [-0.05, 0) is 32.1 Å². The second kappa shape index (κ2) is 10.6.